The fourth-order valence-corrected chi connectivity index (χ4v) is 4.55. The number of hydrogen-bond acceptors (Lipinski definition) is 5. The van der Waals surface area contributed by atoms with Gasteiger partial charge in [-0.3, -0.25) is 9.10 Å². The number of sulfonamides is 1. The molecule has 0 aliphatic rings. The molecule has 0 aromatic heterocycles. The molecule has 0 atom stereocenters. The second kappa shape index (κ2) is 10.1. The summed E-state index contributed by atoms with van der Waals surface area (Å²) in [5.74, 6) is -1.84. The van der Waals surface area contributed by atoms with Gasteiger partial charge in [0, 0.05) is 6.07 Å². The lowest BCUT2D eigenvalue weighted by Crippen LogP contribution is -2.38. The maximum atomic E-state index is 13.9. The highest BCUT2D eigenvalue weighted by atomic mass is 35.5. The zero-order valence-corrected chi connectivity index (χ0v) is 19.1. The van der Waals surface area contributed by atoms with Crippen molar-refractivity contribution in [2.24, 2.45) is 0 Å². The standard InChI is InChI=1S/C22H19ClF2N2O5S/c1-31-20-10-8-15(12-21(20)32-2)33(29,30)27(14-7-9-17(24)16(23)11-14)13-22(28)26-19-6-4-3-5-18(19)25/h3-12H,13H2,1-2H3,(H,26,28). The van der Waals surface area contributed by atoms with Crippen LogP contribution in [0, 0.1) is 11.6 Å². The Labute approximate surface area is 194 Å². The lowest BCUT2D eigenvalue weighted by Gasteiger charge is -2.25. The number of nitrogens with one attached hydrogen (secondary N) is 1. The molecule has 3 aromatic carbocycles. The van der Waals surface area contributed by atoms with E-state index in [0.29, 0.717) is 5.75 Å². The normalized spacial score (nSPS) is 11.1. The highest BCUT2D eigenvalue weighted by Crippen LogP contribution is 2.33. The van der Waals surface area contributed by atoms with Crippen LogP contribution in [-0.4, -0.2) is 35.1 Å². The smallest absolute Gasteiger partial charge is 0.264 e. The number of halogens is 3. The van der Waals surface area contributed by atoms with Crippen LogP contribution in [0.1, 0.15) is 0 Å². The molecule has 0 heterocycles. The van der Waals surface area contributed by atoms with Gasteiger partial charge in [0.15, 0.2) is 11.5 Å². The third-order valence-electron chi connectivity index (χ3n) is 4.57. The Hall–Kier alpha value is -3.37. The van der Waals surface area contributed by atoms with E-state index in [1.54, 1.807) is 0 Å². The molecule has 1 amide bonds. The van der Waals surface area contributed by atoms with Crippen LogP contribution in [0.15, 0.2) is 65.6 Å². The molecular formula is C22H19ClF2N2O5S. The number of nitrogens with zero attached hydrogens (tertiary/aromatic N) is 1. The summed E-state index contributed by atoms with van der Waals surface area (Å²) in [6.07, 6.45) is 0. The minimum absolute atomic E-state index is 0.0696. The first-order valence-corrected chi connectivity index (χ1v) is 11.2. The summed E-state index contributed by atoms with van der Waals surface area (Å²) in [5, 5.41) is 1.99. The predicted octanol–water partition coefficient (Wildman–Crippen LogP) is 4.47. The van der Waals surface area contributed by atoms with Crippen LogP contribution < -0.4 is 19.1 Å². The van der Waals surface area contributed by atoms with E-state index in [-0.39, 0.29) is 27.0 Å². The first kappa shape index (κ1) is 24.3. The Morgan fingerprint density at radius 2 is 1.67 bits per heavy atom. The average molecular weight is 497 g/mol. The molecule has 0 radical (unpaired) electrons. The number of hydrogen-bond donors (Lipinski definition) is 1. The topological polar surface area (TPSA) is 84.9 Å². The van der Waals surface area contributed by atoms with Gasteiger partial charge in [-0.15, -0.1) is 0 Å². The van der Waals surface area contributed by atoms with Crippen LogP contribution in [0.2, 0.25) is 5.02 Å². The maximum absolute atomic E-state index is 13.9. The first-order valence-electron chi connectivity index (χ1n) is 9.41. The number of rotatable bonds is 8. The van der Waals surface area contributed by atoms with Crippen LogP contribution in [0.25, 0.3) is 0 Å². The van der Waals surface area contributed by atoms with Gasteiger partial charge in [-0.2, -0.15) is 0 Å². The monoisotopic (exact) mass is 496 g/mol. The Kier molecular flexibility index (Phi) is 7.39. The second-order valence-corrected chi connectivity index (χ2v) is 8.92. The molecule has 0 aliphatic heterocycles. The van der Waals surface area contributed by atoms with E-state index in [9.17, 15) is 22.0 Å². The molecule has 0 saturated heterocycles. The van der Waals surface area contributed by atoms with Crippen molar-refractivity contribution in [3.63, 3.8) is 0 Å². The van der Waals surface area contributed by atoms with E-state index in [0.717, 1.165) is 28.6 Å². The largest absolute Gasteiger partial charge is 0.493 e. The average Bonchev–Trinajstić information content (AvgIpc) is 2.80. The predicted molar refractivity (Wildman–Crippen MR) is 121 cm³/mol. The Bertz CT molecular complexity index is 1290. The number of methoxy groups -OCH3 is 2. The van der Waals surface area contributed by atoms with E-state index < -0.39 is 34.1 Å². The number of amides is 1. The number of anilines is 2. The Morgan fingerprint density at radius 1 is 0.970 bits per heavy atom. The molecule has 1 N–H and O–H groups in total. The molecule has 174 valence electrons. The molecular weight excluding hydrogens is 478 g/mol. The van der Waals surface area contributed by atoms with Gasteiger partial charge in [-0.1, -0.05) is 23.7 Å². The number of para-hydroxylation sites is 1. The Balaban J connectivity index is 2.03. The van der Waals surface area contributed by atoms with Gasteiger partial charge >= 0.3 is 0 Å². The summed E-state index contributed by atoms with van der Waals surface area (Å²) >= 11 is 5.85. The number of carbonyl (C=O) groups excluding carboxylic acids is 1. The van der Waals surface area contributed by atoms with Crippen molar-refractivity contribution >= 4 is 38.9 Å². The summed E-state index contributed by atoms with van der Waals surface area (Å²) in [6.45, 7) is -0.743. The van der Waals surface area contributed by atoms with Gasteiger partial charge in [0.05, 0.1) is 35.5 Å². The van der Waals surface area contributed by atoms with Gasteiger partial charge < -0.3 is 14.8 Å². The van der Waals surface area contributed by atoms with E-state index in [2.05, 4.69) is 5.32 Å². The van der Waals surface area contributed by atoms with E-state index in [1.165, 1.54) is 50.6 Å². The third kappa shape index (κ3) is 5.35. The molecule has 7 nitrogen and oxygen atoms in total. The summed E-state index contributed by atoms with van der Waals surface area (Å²) in [5.41, 5.74) is -0.192. The minimum Gasteiger partial charge on any atom is -0.493 e. The molecule has 0 spiro atoms. The van der Waals surface area contributed by atoms with Gasteiger partial charge in [0.1, 0.15) is 18.2 Å². The fourth-order valence-electron chi connectivity index (χ4n) is 2.94. The van der Waals surface area contributed by atoms with Crippen molar-refractivity contribution in [2.45, 2.75) is 4.90 Å². The van der Waals surface area contributed by atoms with Crippen LogP contribution in [0.3, 0.4) is 0 Å². The van der Waals surface area contributed by atoms with Crippen molar-refractivity contribution in [3.05, 3.63) is 77.3 Å². The number of benzene rings is 3. The summed E-state index contributed by atoms with van der Waals surface area (Å²) in [7, 11) is -1.64. The lowest BCUT2D eigenvalue weighted by atomic mass is 10.3. The molecule has 3 rings (SSSR count). The minimum atomic E-state index is -4.38. The Morgan fingerprint density at radius 3 is 2.30 bits per heavy atom. The lowest BCUT2D eigenvalue weighted by molar-refractivity contribution is -0.114. The first-order chi connectivity index (χ1) is 15.7. The van der Waals surface area contributed by atoms with Crippen molar-refractivity contribution in [1.29, 1.82) is 0 Å². The van der Waals surface area contributed by atoms with Gasteiger partial charge in [-0.25, -0.2) is 17.2 Å². The van der Waals surface area contributed by atoms with Crippen molar-refractivity contribution < 1.29 is 31.5 Å². The molecule has 11 heteroatoms. The van der Waals surface area contributed by atoms with E-state index in [1.807, 2.05) is 0 Å². The van der Waals surface area contributed by atoms with Crippen molar-refractivity contribution in [1.82, 2.24) is 0 Å². The highest BCUT2D eigenvalue weighted by molar-refractivity contribution is 7.92. The summed E-state index contributed by atoms with van der Waals surface area (Å²) < 4.78 is 65.6. The number of ether oxygens (including phenoxy) is 2. The van der Waals surface area contributed by atoms with Crippen LogP contribution >= 0.6 is 11.6 Å². The SMILES string of the molecule is COc1ccc(S(=O)(=O)N(CC(=O)Nc2ccccc2F)c2ccc(F)c(Cl)c2)cc1OC. The summed E-state index contributed by atoms with van der Waals surface area (Å²) in [6, 6.07) is 12.5. The van der Waals surface area contributed by atoms with Gasteiger partial charge in [-0.05, 0) is 42.5 Å². The van der Waals surface area contributed by atoms with Gasteiger partial charge in [0.2, 0.25) is 5.91 Å². The second-order valence-electron chi connectivity index (χ2n) is 6.65. The molecule has 0 unspecified atom stereocenters. The highest BCUT2D eigenvalue weighted by Gasteiger charge is 2.29. The fraction of sp³-hybridized carbons (Fsp3) is 0.136. The van der Waals surface area contributed by atoms with Crippen LogP contribution in [-0.2, 0) is 14.8 Å². The van der Waals surface area contributed by atoms with Crippen LogP contribution in [0.5, 0.6) is 11.5 Å². The van der Waals surface area contributed by atoms with E-state index >= 15 is 0 Å². The zero-order chi connectivity index (χ0) is 24.2. The maximum Gasteiger partial charge on any atom is 0.264 e. The molecule has 33 heavy (non-hydrogen) atoms. The van der Waals surface area contributed by atoms with Crippen LogP contribution in [0.4, 0.5) is 20.2 Å². The molecule has 0 saturated carbocycles. The quantitative estimate of drug-likeness (QED) is 0.497. The molecule has 0 bridgehead atoms. The zero-order valence-electron chi connectivity index (χ0n) is 17.5. The van der Waals surface area contributed by atoms with E-state index in [4.69, 9.17) is 21.1 Å². The number of carbonyl (C=O) groups is 1. The van der Waals surface area contributed by atoms with Gasteiger partial charge in [0.25, 0.3) is 10.0 Å². The molecule has 0 fully saturated rings. The summed E-state index contributed by atoms with van der Waals surface area (Å²) in [4.78, 5) is 12.4. The molecule has 3 aromatic rings. The van der Waals surface area contributed by atoms with Crippen molar-refractivity contribution in [2.75, 3.05) is 30.4 Å². The van der Waals surface area contributed by atoms with Crippen molar-refractivity contribution in [3.8, 4) is 11.5 Å². The molecule has 0 aliphatic carbocycles. The third-order valence-corrected chi connectivity index (χ3v) is 6.63.